The quantitative estimate of drug-likeness (QED) is 0.775. The van der Waals surface area contributed by atoms with E-state index in [1.54, 1.807) is 0 Å². The molecule has 0 saturated carbocycles. The summed E-state index contributed by atoms with van der Waals surface area (Å²) in [6, 6.07) is 8.49. The molecule has 0 aliphatic heterocycles. The van der Waals surface area contributed by atoms with Crippen LogP contribution in [0.1, 0.15) is 6.92 Å². The van der Waals surface area contributed by atoms with Crippen molar-refractivity contribution in [1.82, 2.24) is 5.32 Å². The minimum Gasteiger partial charge on any atom is -0.316 e. The Hall–Kier alpha value is -0.180. The normalized spacial score (nSPS) is 12.8. The Morgan fingerprint density at radius 3 is 2.54 bits per heavy atom. The van der Waals surface area contributed by atoms with Gasteiger partial charge in [0.2, 0.25) is 0 Å². The molecule has 1 aromatic carbocycles. The van der Waals surface area contributed by atoms with Crippen LogP contribution in [0.3, 0.4) is 0 Å². The Balaban J connectivity index is 2.41. The largest absolute Gasteiger partial charge is 0.316 e. The first kappa shape index (κ1) is 10.9. The molecule has 1 atom stereocenters. The maximum atomic E-state index is 5.78. The third-order valence-corrected chi connectivity index (χ3v) is 3.33. The van der Waals surface area contributed by atoms with Crippen molar-refractivity contribution in [2.75, 3.05) is 12.8 Å². The number of thioether (sulfide) groups is 1. The van der Waals surface area contributed by atoms with E-state index in [1.165, 1.54) is 4.90 Å². The summed E-state index contributed by atoms with van der Waals surface area (Å²) in [6.07, 6.45) is 0. The molecule has 13 heavy (non-hydrogen) atoms. The lowest BCUT2D eigenvalue weighted by molar-refractivity contribution is 0.677. The van der Waals surface area contributed by atoms with Crippen LogP contribution in [0.2, 0.25) is 5.02 Å². The molecule has 0 unspecified atom stereocenters. The molecule has 0 aliphatic rings. The van der Waals surface area contributed by atoms with Crippen LogP contribution in [0.15, 0.2) is 29.2 Å². The van der Waals surface area contributed by atoms with Gasteiger partial charge in [0.15, 0.2) is 0 Å². The predicted molar refractivity (Wildman–Crippen MR) is 60.7 cm³/mol. The highest BCUT2D eigenvalue weighted by Gasteiger charge is 1.99. The van der Waals surface area contributed by atoms with Crippen LogP contribution in [-0.4, -0.2) is 18.8 Å². The Morgan fingerprint density at radius 2 is 2.00 bits per heavy atom. The molecular formula is C10H14ClNS. The van der Waals surface area contributed by atoms with Gasteiger partial charge >= 0.3 is 0 Å². The fraction of sp³-hybridized carbons (Fsp3) is 0.400. The molecule has 0 aromatic heterocycles. The molecule has 0 heterocycles. The molecule has 0 spiro atoms. The van der Waals surface area contributed by atoms with Crippen molar-refractivity contribution in [3.8, 4) is 0 Å². The average molecular weight is 216 g/mol. The Morgan fingerprint density at radius 1 is 1.38 bits per heavy atom. The zero-order valence-electron chi connectivity index (χ0n) is 7.88. The Labute approximate surface area is 88.9 Å². The summed E-state index contributed by atoms with van der Waals surface area (Å²) in [5, 5.41) is 4.00. The van der Waals surface area contributed by atoms with Gasteiger partial charge in [0.05, 0.1) is 0 Å². The lowest BCUT2D eigenvalue weighted by atomic mass is 10.4. The van der Waals surface area contributed by atoms with E-state index in [4.69, 9.17) is 11.6 Å². The van der Waals surface area contributed by atoms with Gasteiger partial charge in [0, 0.05) is 21.7 Å². The van der Waals surface area contributed by atoms with E-state index in [0.29, 0.717) is 6.04 Å². The minimum absolute atomic E-state index is 0.542. The second kappa shape index (κ2) is 5.53. The van der Waals surface area contributed by atoms with E-state index in [0.717, 1.165) is 10.8 Å². The molecule has 0 amide bonds. The number of rotatable bonds is 4. The second-order valence-corrected chi connectivity index (χ2v) is 4.48. The summed E-state index contributed by atoms with van der Waals surface area (Å²) in [6.45, 7) is 2.17. The maximum Gasteiger partial charge on any atom is 0.0406 e. The van der Waals surface area contributed by atoms with E-state index in [-0.39, 0.29) is 0 Å². The summed E-state index contributed by atoms with van der Waals surface area (Å²) in [7, 11) is 1.98. The van der Waals surface area contributed by atoms with Crippen LogP contribution in [0.5, 0.6) is 0 Å². The smallest absolute Gasteiger partial charge is 0.0406 e. The Kier molecular flexibility index (Phi) is 4.64. The highest BCUT2D eigenvalue weighted by molar-refractivity contribution is 7.99. The van der Waals surface area contributed by atoms with E-state index in [9.17, 15) is 0 Å². The molecule has 0 saturated heterocycles. The highest BCUT2D eigenvalue weighted by atomic mass is 35.5. The summed E-state index contributed by atoms with van der Waals surface area (Å²) in [5.74, 6) is 1.08. The third-order valence-electron chi connectivity index (χ3n) is 1.81. The van der Waals surface area contributed by atoms with Crippen LogP contribution in [-0.2, 0) is 0 Å². The summed E-state index contributed by atoms with van der Waals surface area (Å²) >= 11 is 7.62. The first-order valence-electron chi connectivity index (χ1n) is 4.28. The second-order valence-electron chi connectivity index (χ2n) is 2.95. The number of hydrogen-bond donors (Lipinski definition) is 1. The van der Waals surface area contributed by atoms with Crippen molar-refractivity contribution in [2.24, 2.45) is 0 Å². The van der Waals surface area contributed by atoms with Crippen LogP contribution in [0.25, 0.3) is 0 Å². The van der Waals surface area contributed by atoms with E-state index < -0.39 is 0 Å². The molecule has 72 valence electrons. The summed E-state index contributed by atoms with van der Waals surface area (Å²) in [5.41, 5.74) is 0. The molecule has 0 fully saturated rings. The topological polar surface area (TPSA) is 12.0 Å². The Bertz CT molecular complexity index is 248. The molecule has 0 aliphatic carbocycles. The summed E-state index contributed by atoms with van der Waals surface area (Å²) in [4.78, 5) is 1.27. The fourth-order valence-corrected chi connectivity index (χ4v) is 1.90. The van der Waals surface area contributed by atoms with Crippen molar-refractivity contribution in [1.29, 1.82) is 0 Å². The van der Waals surface area contributed by atoms with Gasteiger partial charge in [-0.3, -0.25) is 0 Å². The van der Waals surface area contributed by atoms with E-state index in [2.05, 4.69) is 24.4 Å². The zero-order valence-corrected chi connectivity index (χ0v) is 9.45. The lowest BCUT2D eigenvalue weighted by Gasteiger charge is -2.08. The number of hydrogen-bond acceptors (Lipinski definition) is 2. The predicted octanol–water partition coefficient (Wildman–Crippen LogP) is 3.04. The molecule has 1 aromatic rings. The SMILES string of the molecule is CN[C@H](C)CSc1ccc(Cl)cc1. The molecule has 1 N–H and O–H groups in total. The van der Waals surface area contributed by atoms with Crippen LogP contribution in [0, 0.1) is 0 Å². The first-order valence-corrected chi connectivity index (χ1v) is 5.64. The third kappa shape index (κ3) is 4.03. The van der Waals surface area contributed by atoms with Crippen molar-refractivity contribution in [3.63, 3.8) is 0 Å². The number of benzene rings is 1. The monoisotopic (exact) mass is 215 g/mol. The number of halogens is 1. The van der Waals surface area contributed by atoms with Crippen molar-refractivity contribution < 1.29 is 0 Å². The highest BCUT2D eigenvalue weighted by Crippen LogP contribution is 2.20. The van der Waals surface area contributed by atoms with Crippen LogP contribution in [0.4, 0.5) is 0 Å². The minimum atomic E-state index is 0.542. The first-order chi connectivity index (χ1) is 6.22. The van der Waals surface area contributed by atoms with Gasteiger partial charge in [0.25, 0.3) is 0 Å². The van der Waals surface area contributed by atoms with Crippen LogP contribution >= 0.6 is 23.4 Å². The molecule has 0 radical (unpaired) electrons. The van der Waals surface area contributed by atoms with Gasteiger partial charge in [-0.05, 0) is 38.2 Å². The summed E-state index contributed by atoms with van der Waals surface area (Å²) < 4.78 is 0. The van der Waals surface area contributed by atoms with Gasteiger partial charge in [-0.1, -0.05) is 11.6 Å². The van der Waals surface area contributed by atoms with E-state index in [1.807, 2.05) is 30.9 Å². The average Bonchev–Trinajstić information content (AvgIpc) is 2.16. The lowest BCUT2D eigenvalue weighted by Crippen LogP contribution is -2.23. The van der Waals surface area contributed by atoms with Crippen molar-refractivity contribution in [3.05, 3.63) is 29.3 Å². The van der Waals surface area contributed by atoms with Gasteiger partial charge < -0.3 is 5.32 Å². The van der Waals surface area contributed by atoms with Gasteiger partial charge in [-0.25, -0.2) is 0 Å². The number of nitrogens with one attached hydrogen (secondary N) is 1. The molecule has 1 rings (SSSR count). The molecule has 3 heteroatoms. The van der Waals surface area contributed by atoms with Gasteiger partial charge in [-0.15, -0.1) is 11.8 Å². The van der Waals surface area contributed by atoms with Crippen molar-refractivity contribution >= 4 is 23.4 Å². The molecule has 1 nitrogen and oxygen atoms in total. The zero-order chi connectivity index (χ0) is 9.68. The van der Waals surface area contributed by atoms with Crippen LogP contribution < -0.4 is 5.32 Å². The fourth-order valence-electron chi connectivity index (χ4n) is 0.835. The van der Waals surface area contributed by atoms with Crippen molar-refractivity contribution in [2.45, 2.75) is 17.9 Å². The van der Waals surface area contributed by atoms with Gasteiger partial charge in [-0.2, -0.15) is 0 Å². The van der Waals surface area contributed by atoms with Gasteiger partial charge in [0.1, 0.15) is 0 Å². The molecular weight excluding hydrogens is 202 g/mol. The molecule has 0 bridgehead atoms. The van der Waals surface area contributed by atoms with E-state index >= 15 is 0 Å². The maximum absolute atomic E-state index is 5.78. The standard InChI is InChI=1S/C10H14ClNS/c1-8(12-2)7-13-10-5-3-9(11)4-6-10/h3-6,8,12H,7H2,1-2H3/t8-/m1/s1.